The Labute approximate surface area is 263 Å². The van der Waals surface area contributed by atoms with E-state index in [0.717, 1.165) is 0 Å². The Hall–Kier alpha value is -4.36. The van der Waals surface area contributed by atoms with Crippen LogP contribution in [-0.4, -0.2) is 0 Å². The first-order chi connectivity index (χ1) is 21.8. The van der Waals surface area contributed by atoms with Gasteiger partial charge in [0.1, 0.15) is 0 Å². The van der Waals surface area contributed by atoms with Gasteiger partial charge in [0.2, 0.25) is 0 Å². The zero-order valence-electron chi connectivity index (χ0n) is 23.8. The van der Waals surface area contributed by atoms with Crippen LogP contribution in [0.1, 0.15) is 35.2 Å². The number of hydrogen-bond donors (Lipinski definition) is 3. The summed E-state index contributed by atoms with van der Waals surface area (Å²) >= 11 is 3.74. The van der Waals surface area contributed by atoms with Crippen LogP contribution in [0.25, 0.3) is 51.5 Å². The molecule has 0 bridgehead atoms. The minimum Gasteiger partial charge on any atom is -0.279 e. The molecule has 212 valence electrons. The van der Waals surface area contributed by atoms with Gasteiger partial charge in [0.25, 0.3) is 0 Å². The third-order valence-corrected chi connectivity index (χ3v) is 11.1. The number of thiophene rings is 2. The summed E-state index contributed by atoms with van der Waals surface area (Å²) in [5.74, 6) is 0. The average molecular weight is 604 g/mol. The highest BCUT2D eigenvalue weighted by Gasteiger charge is 2.31. The quantitative estimate of drug-likeness (QED) is 0.187. The maximum atomic E-state index is 3.95. The molecule has 6 aromatic carbocycles. The summed E-state index contributed by atoms with van der Waals surface area (Å²) in [5, 5.41) is 17.0. The van der Waals surface area contributed by atoms with Gasteiger partial charge in [-0.25, -0.2) is 0 Å². The van der Waals surface area contributed by atoms with E-state index in [1.165, 1.54) is 68.2 Å². The monoisotopic (exact) mass is 603 g/mol. The van der Waals surface area contributed by atoms with Crippen LogP contribution >= 0.6 is 22.7 Å². The molecule has 0 spiro atoms. The number of fused-ring (bicyclic) bond motifs is 6. The maximum absolute atomic E-state index is 3.95. The van der Waals surface area contributed by atoms with E-state index in [2.05, 4.69) is 155 Å². The Morgan fingerprint density at radius 3 is 1.86 bits per heavy atom. The van der Waals surface area contributed by atoms with Crippen molar-refractivity contribution in [1.29, 1.82) is 0 Å². The van der Waals surface area contributed by atoms with E-state index in [9.17, 15) is 0 Å². The zero-order chi connectivity index (χ0) is 29.0. The van der Waals surface area contributed by atoms with Crippen molar-refractivity contribution in [2.24, 2.45) is 0 Å². The lowest BCUT2D eigenvalue weighted by Crippen LogP contribution is -2.54. The van der Waals surface area contributed by atoms with E-state index in [0.29, 0.717) is 0 Å². The average Bonchev–Trinajstić information content (AvgIpc) is 3.66. The first-order valence-electron chi connectivity index (χ1n) is 15.0. The van der Waals surface area contributed by atoms with E-state index in [-0.39, 0.29) is 18.5 Å². The lowest BCUT2D eigenvalue weighted by atomic mass is 10.00. The fourth-order valence-electron chi connectivity index (χ4n) is 6.68. The van der Waals surface area contributed by atoms with Crippen molar-refractivity contribution in [2.45, 2.75) is 18.5 Å². The van der Waals surface area contributed by atoms with Gasteiger partial charge in [-0.2, -0.15) is 0 Å². The lowest BCUT2D eigenvalue weighted by Gasteiger charge is -2.40. The van der Waals surface area contributed by atoms with Crippen molar-refractivity contribution in [3.8, 4) is 11.1 Å². The Morgan fingerprint density at radius 1 is 0.386 bits per heavy atom. The second kappa shape index (κ2) is 10.7. The predicted octanol–water partition coefficient (Wildman–Crippen LogP) is 10.3. The summed E-state index contributed by atoms with van der Waals surface area (Å²) in [5.41, 5.74) is 6.26. The molecule has 0 radical (unpaired) electrons. The number of rotatable bonds is 4. The van der Waals surface area contributed by atoms with E-state index >= 15 is 0 Å². The minimum atomic E-state index is -0.0419. The zero-order valence-corrected chi connectivity index (χ0v) is 25.5. The van der Waals surface area contributed by atoms with Crippen LogP contribution in [0.3, 0.4) is 0 Å². The summed E-state index contributed by atoms with van der Waals surface area (Å²) in [6.07, 6.45) is -0.0973. The molecule has 5 heteroatoms. The van der Waals surface area contributed by atoms with Gasteiger partial charge >= 0.3 is 0 Å². The van der Waals surface area contributed by atoms with Crippen molar-refractivity contribution >= 4 is 63.0 Å². The van der Waals surface area contributed by atoms with Crippen molar-refractivity contribution in [1.82, 2.24) is 16.0 Å². The topological polar surface area (TPSA) is 36.1 Å². The fourth-order valence-corrected chi connectivity index (χ4v) is 9.01. The predicted molar refractivity (Wildman–Crippen MR) is 188 cm³/mol. The number of nitrogens with one attached hydrogen (secondary N) is 3. The lowest BCUT2D eigenvalue weighted by molar-refractivity contribution is 0.204. The molecule has 1 fully saturated rings. The van der Waals surface area contributed by atoms with Crippen molar-refractivity contribution in [2.75, 3.05) is 0 Å². The Kier molecular flexibility index (Phi) is 6.32. The van der Waals surface area contributed by atoms with E-state index in [4.69, 9.17) is 0 Å². The molecule has 2 aromatic heterocycles. The van der Waals surface area contributed by atoms with Gasteiger partial charge in [0.05, 0.1) is 18.5 Å². The van der Waals surface area contributed by atoms with Crippen LogP contribution in [0.15, 0.2) is 140 Å². The molecule has 3 N–H and O–H groups in total. The Morgan fingerprint density at radius 2 is 1.02 bits per heavy atom. The molecule has 9 rings (SSSR count). The van der Waals surface area contributed by atoms with Crippen LogP contribution in [0, 0.1) is 0 Å². The first kappa shape index (κ1) is 26.1. The summed E-state index contributed by atoms with van der Waals surface area (Å²) in [6.45, 7) is 0. The first-order valence-corrected chi connectivity index (χ1v) is 16.7. The van der Waals surface area contributed by atoms with Crippen molar-refractivity contribution in [3.05, 3.63) is 156 Å². The molecular weight excluding hydrogens is 575 g/mol. The molecule has 1 aliphatic heterocycles. The Bertz CT molecular complexity index is 2290. The van der Waals surface area contributed by atoms with E-state index in [1.54, 1.807) is 0 Å². The van der Waals surface area contributed by atoms with Crippen LogP contribution in [0.5, 0.6) is 0 Å². The standard InChI is InChI=1S/C39H29N3S2/c1-3-10-24(11-4-1)26-18-20-28-29-21-19-27(23-35(29)44-34(28)22-26)38-40-37(25-12-5-2-6-13-25)41-39(42-38)31-15-9-17-33-36(31)30-14-7-8-16-32(30)43-33/h1-23,37-42H. The molecule has 8 aromatic rings. The Balaban J connectivity index is 1.13. The summed E-state index contributed by atoms with van der Waals surface area (Å²) < 4.78 is 5.27. The molecule has 0 amide bonds. The second-order valence-corrected chi connectivity index (χ2v) is 13.6. The molecule has 44 heavy (non-hydrogen) atoms. The van der Waals surface area contributed by atoms with Gasteiger partial charge in [-0.05, 0) is 52.1 Å². The highest BCUT2D eigenvalue weighted by molar-refractivity contribution is 7.26. The normalized spacial score (nSPS) is 18.9. The SMILES string of the molecule is c1ccc(-c2ccc3c(c2)sc2cc(C4NC(c5ccccc5)NC(c5cccc6sc7ccccc7c56)N4)ccc23)cc1. The molecule has 0 saturated carbocycles. The maximum Gasteiger partial charge on any atom is 0.0871 e. The van der Waals surface area contributed by atoms with Gasteiger partial charge < -0.3 is 0 Å². The molecular formula is C39H29N3S2. The summed E-state index contributed by atoms with van der Waals surface area (Å²) in [7, 11) is 0. The number of benzene rings is 6. The van der Waals surface area contributed by atoms with Crippen LogP contribution in [0.4, 0.5) is 0 Å². The fraction of sp³-hybridized carbons (Fsp3) is 0.0769. The van der Waals surface area contributed by atoms with Gasteiger partial charge in [-0.15, -0.1) is 22.7 Å². The third kappa shape index (κ3) is 4.44. The van der Waals surface area contributed by atoms with E-state index in [1.807, 2.05) is 22.7 Å². The molecule has 0 aliphatic carbocycles. The van der Waals surface area contributed by atoms with Crippen LogP contribution in [-0.2, 0) is 0 Å². The molecule has 3 heterocycles. The minimum absolute atomic E-state index is 0.0147. The molecule has 3 nitrogen and oxygen atoms in total. The molecule has 3 atom stereocenters. The van der Waals surface area contributed by atoms with Crippen LogP contribution < -0.4 is 16.0 Å². The molecule has 1 aliphatic rings. The molecule has 3 unspecified atom stereocenters. The van der Waals surface area contributed by atoms with Gasteiger partial charge in [0, 0.05) is 40.3 Å². The smallest absolute Gasteiger partial charge is 0.0871 e. The van der Waals surface area contributed by atoms with Crippen molar-refractivity contribution < 1.29 is 0 Å². The summed E-state index contributed by atoms with van der Waals surface area (Å²) in [6, 6.07) is 50.6. The van der Waals surface area contributed by atoms with Gasteiger partial charge in [-0.3, -0.25) is 16.0 Å². The van der Waals surface area contributed by atoms with Gasteiger partial charge in [-0.1, -0.05) is 115 Å². The van der Waals surface area contributed by atoms with Crippen LogP contribution in [0.2, 0.25) is 0 Å². The number of hydrogen-bond acceptors (Lipinski definition) is 5. The molecule has 1 saturated heterocycles. The summed E-state index contributed by atoms with van der Waals surface area (Å²) in [4.78, 5) is 0. The highest BCUT2D eigenvalue weighted by Crippen LogP contribution is 2.41. The second-order valence-electron chi connectivity index (χ2n) is 11.5. The third-order valence-electron chi connectivity index (χ3n) is 8.82. The van der Waals surface area contributed by atoms with Gasteiger partial charge in [0.15, 0.2) is 0 Å². The largest absolute Gasteiger partial charge is 0.279 e. The van der Waals surface area contributed by atoms with Crippen molar-refractivity contribution in [3.63, 3.8) is 0 Å². The highest BCUT2D eigenvalue weighted by atomic mass is 32.1. The van der Waals surface area contributed by atoms with E-state index < -0.39 is 0 Å².